The summed E-state index contributed by atoms with van der Waals surface area (Å²) in [7, 11) is 0. The first-order chi connectivity index (χ1) is 27.6. The van der Waals surface area contributed by atoms with Gasteiger partial charge < -0.3 is 10.6 Å². The average molecular weight is 775 g/mol. The van der Waals surface area contributed by atoms with Gasteiger partial charge in [-0.1, -0.05) is 154 Å². The molecule has 0 aliphatic heterocycles. The molecule has 0 unspecified atom stereocenters. The molecule has 0 spiro atoms. The molecule has 2 N–H and O–H groups in total. The Morgan fingerprint density at radius 2 is 0.411 bits per heavy atom. The predicted molar refractivity (Wildman–Crippen MR) is 234 cm³/mol. The van der Waals surface area contributed by atoms with E-state index in [0.29, 0.717) is 59.4 Å². The lowest BCUT2D eigenvalue weighted by Gasteiger charge is -2.54. The van der Waals surface area contributed by atoms with E-state index in [9.17, 15) is 9.59 Å². The molecule has 320 valence electrons. The monoisotopic (exact) mass is 775 g/mol. The lowest BCUT2D eigenvalue weighted by Crippen LogP contribution is -2.58. The second kappa shape index (κ2) is 22.0. The van der Waals surface area contributed by atoms with Crippen molar-refractivity contribution in [1.29, 1.82) is 0 Å². The van der Waals surface area contributed by atoms with Crippen LogP contribution in [0.3, 0.4) is 0 Å². The Balaban J connectivity index is 0.000000172. The smallest absolute Gasteiger partial charge is 0.227 e. The minimum absolute atomic E-state index is 0.0291. The molecule has 2 amide bonds. The summed E-state index contributed by atoms with van der Waals surface area (Å²) in [6.07, 6.45) is 53.5. The highest BCUT2D eigenvalue weighted by Crippen LogP contribution is 2.58. The number of amides is 2. The van der Waals surface area contributed by atoms with Gasteiger partial charge in [-0.15, -0.1) is 0 Å². The van der Waals surface area contributed by atoms with Crippen molar-refractivity contribution in [3.05, 3.63) is 0 Å². The fourth-order valence-corrected chi connectivity index (χ4v) is 15.7. The molecule has 0 bridgehead atoms. The molecule has 0 radical (unpaired) electrons. The summed E-state index contributed by atoms with van der Waals surface area (Å²) in [6, 6.07) is 0.938. The minimum atomic E-state index is -0.0291. The predicted octanol–water partition coefficient (Wildman–Crippen LogP) is 14.3. The number of hydrogen-bond donors (Lipinski definition) is 2. The molecule has 0 aromatic rings. The van der Waals surface area contributed by atoms with Crippen LogP contribution in [-0.2, 0) is 9.59 Å². The molecule has 0 aromatic carbocycles. The maximum absolute atomic E-state index is 14.3. The first kappa shape index (κ1) is 43.0. The van der Waals surface area contributed by atoms with E-state index >= 15 is 0 Å². The zero-order valence-electron chi connectivity index (χ0n) is 36.7. The third kappa shape index (κ3) is 10.1. The third-order valence-corrected chi connectivity index (χ3v) is 18.4. The van der Waals surface area contributed by atoms with E-state index in [1.54, 1.807) is 0 Å². The number of hydrogen-bond acceptors (Lipinski definition) is 2. The largest absolute Gasteiger partial charge is 0.353 e. The van der Waals surface area contributed by atoms with Crippen LogP contribution in [0.25, 0.3) is 0 Å². The van der Waals surface area contributed by atoms with Crippen molar-refractivity contribution in [3.63, 3.8) is 0 Å². The highest BCUT2D eigenvalue weighted by molar-refractivity contribution is 5.85. The standard InChI is InChI=1S/2C26H45NO/c2*28-25(27-24-19-11-4-12-20-24)26(21-13-5-1-6-14-21,22-15-7-2-8-16-22)23-17-9-3-10-18-23/h2*21-24H,1-20H2,(H,27,28). The van der Waals surface area contributed by atoms with Crippen LogP contribution in [0.4, 0.5) is 0 Å². The van der Waals surface area contributed by atoms with E-state index in [-0.39, 0.29) is 10.8 Å². The van der Waals surface area contributed by atoms with Crippen molar-refractivity contribution in [1.82, 2.24) is 10.6 Å². The summed E-state index contributed by atoms with van der Waals surface area (Å²) >= 11 is 0. The molecule has 56 heavy (non-hydrogen) atoms. The second-order valence-corrected chi connectivity index (χ2v) is 21.5. The Morgan fingerprint density at radius 3 is 0.589 bits per heavy atom. The SMILES string of the molecule is O=C(NC1CCCCC1)C(C1CCCCC1)(C1CCCCC1)C1CCCCC1.O=C(NC1CCCCC1)C(C1CCCCC1)(C1CCCCC1)C1CCCCC1. The Labute approximate surface area is 346 Å². The number of carbonyl (C=O) groups excluding carboxylic acids is 2. The Morgan fingerprint density at radius 1 is 0.250 bits per heavy atom. The molecule has 8 aliphatic rings. The number of carbonyl (C=O) groups is 2. The van der Waals surface area contributed by atoms with Gasteiger partial charge in [-0.05, 0) is 138 Å². The van der Waals surface area contributed by atoms with Crippen molar-refractivity contribution in [3.8, 4) is 0 Å². The van der Waals surface area contributed by atoms with E-state index in [2.05, 4.69) is 10.6 Å². The van der Waals surface area contributed by atoms with Gasteiger partial charge >= 0.3 is 0 Å². The van der Waals surface area contributed by atoms with Crippen molar-refractivity contribution in [2.75, 3.05) is 0 Å². The van der Waals surface area contributed by atoms with Gasteiger partial charge in [-0.25, -0.2) is 0 Å². The van der Waals surface area contributed by atoms with Gasteiger partial charge in [0.05, 0.1) is 10.8 Å². The van der Waals surface area contributed by atoms with E-state index in [0.717, 1.165) is 0 Å². The number of nitrogens with one attached hydrogen (secondary N) is 2. The first-order valence-corrected chi connectivity index (χ1v) is 26.2. The summed E-state index contributed by atoms with van der Waals surface area (Å²) in [5.74, 6) is 5.04. The normalized spacial score (nSPS) is 27.6. The lowest BCUT2D eigenvalue weighted by molar-refractivity contribution is -0.152. The van der Waals surface area contributed by atoms with Crippen LogP contribution in [0.5, 0.6) is 0 Å². The van der Waals surface area contributed by atoms with Crippen LogP contribution in [0.15, 0.2) is 0 Å². The zero-order chi connectivity index (χ0) is 38.5. The van der Waals surface area contributed by atoms with E-state index in [4.69, 9.17) is 0 Å². The highest BCUT2D eigenvalue weighted by atomic mass is 16.2. The van der Waals surface area contributed by atoms with Crippen LogP contribution in [-0.4, -0.2) is 23.9 Å². The van der Waals surface area contributed by atoms with Gasteiger partial charge in [-0.3, -0.25) is 9.59 Å². The van der Waals surface area contributed by atoms with Crippen LogP contribution in [0.2, 0.25) is 0 Å². The van der Waals surface area contributed by atoms with Crippen molar-refractivity contribution in [2.45, 2.75) is 269 Å². The highest BCUT2D eigenvalue weighted by Gasteiger charge is 2.57. The van der Waals surface area contributed by atoms with Crippen molar-refractivity contribution in [2.24, 2.45) is 46.3 Å². The van der Waals surface area contributed by atoms with Gasteiger partial charge in [-0.2, -0.15) is 0 Å². The topological polar surface area (TPSA) is 58.2 Å². The van der Waals surface area contributed by atoms with Crippen LogP contribution in [0, 0.1) is 46.3 Å². The Kier molecular flexibility index (Phi) is 16.9. The van der Waals surface area contributed by atoms with E-state index in [1.807, 2.05) is 0 Å². The minimum Gasteiger partial charge on any atom is -0.353 e. The van der Waals surface area contributed by atoms with E-state index in [1.165, 1.54) is 257 Å². The van der Waals surface area contributed by atoms with Crippen molar-refractivity contribution < 1.29 is 9.59 Å². The maximum atomic E-state index is 14.3. The fraction of sp³-hybridized carbons (Fsp3) is 0.962. The summed E-state index contributed by atoms with van der Waals surface area (Å²) in [4.78, 5) is 28.6. The fourth-order valence-electron chi connectivity index (χ4n) is 15.7. The Hall–Kier alpha value is -1.06. The summed E-state index contributed by atoms with van der Waals surface area (Å²) in [5, 5.41) is 7.43. The molecule has 0 aromatic heterocycles. The summed E-state index contributed by atoms with van der Waals surface area (Å²) < 4.78 is 0. The van der Waals surface area contributed by atoms with Gasteiger partial charge in [0, 0.05) is 12.1 Å². The summed E-state index contributed by atoms with van der Waals surface area (Å²) in [6.45, 7) is 0. The molecule has 8 fully saturated rings. The molecule has 8 saturated carbocycles. The number of rotatable bonds is 10. The second-order valence-electron chi connectivity index (χ2n) is 21.5. The van der Waals surface area contributed by atoms with Gasteiger partial charge in [0.25, 0.3) is 0 Å². The van der Waals surface area contributed by atoms with Gasteiger partial charge in [0.2, 0.25) is 11.8 Å². The van der Waals surface area contributed by atoms with E-state index < -0.39 is 0 Å². The molecule has 8 aliphatic carbocycles. The first-order valence-electron chi connectivity index (χ1n) is 26.2. The summed E-state index contributed by atoms with van der Waals surface area (Å²) in [5.41, 5.74) is -0.0581. The molecule has 4 heteroatoms. The van der Waals surface area contributed by atoms with Gasteiger partial charge in [0.1, 0.15) is 0 Å². The van der Waals surface area contributed by atoms with Gasteiger partial charge in [0.15, 0.2) is 0 Å². The quantitative estimate of drug-likeness (QED) is 0.232. The molecular weight excluding hydrogens is 685 g/mol. The van der Waals surface area contributed by atoms with Crippen molar-refractivity contribution >= 4 is 11.8 Å². The average Bonchev–Trinajstić information content (AvgIpc) is 3.27. The zero-order valence-corrected chi connectivity index (χ0v) is 36.7. The lowest BCUT2D eigenvalue weighted by atomic mass is 9.51. The molecule has 8 rings (SSSR count). The Bertz CT molecular complexity index is 952. The van der Waals surface area contributed by atoms with Crippen LogP contribution >= 0.6 is 0 Å². The molecule has 4 nitrogen and oxygen atoms in total. The molecular formula is C52H90N2O2. The maximum Gasteiger partial charge on any atom is 0.227 e. The third-order valence-electron chi connectivity index (χ3n) is 18.4. The van der Waals surface area contributed by atoms with Crippen LogP contribution < -0.4 is 10.6 Å². The molecule has 0 saturated heterocycles. The van der Waals surface area contributed by atoms with Crippen LogP contribution in [0.1, 0.15) is 257 Å². The molecule has 0 heterocycles. The molecule has 0 atom stereocenters.